The fourth-order valence-corrected chi connectivity index (χ4v) is 2.93. The van der Waals surface area contributed by atoms with E-state index in [1.807, 2.05) is 31.2 Å². The van der Waals surface area contributed by atoms with Gasteiger partial charge in [0, 0.05) is 29.4 Å². The number of benzene rings is 1. The first-order valence-electron chi connectivity index (χ1n) is 7.03. The van der Waals surface area contributed by atoms with E-state index in [-0.39, 0.29) is 11.3 Å². The molecule has 0 aliphatic rings. The lowest BCUT2D eigenvalue weighted by Gasteiger charge is -2.09. The first kappa shape index (κ1) is 15.5. The Bertz CT molecular complexity index is 918. The number of aryl methyl sites for hydroxylation is 1. The van der Waals surface area contributed by atoms with E-state index in [9.17, 15) is 9.90 Å². The van der Waals surface area contributed by atoms with Crippen molar-refractivity contribution in [2.75, 3.05) is 0 Å². The number of rotatable bonds is 3. The monoisotopic (exact) mass is 371 g/mol. The molecule has 0 amide bonds. The summed E-state index contributed by atoms with van der Waals surface area (Å²) in [4.78, 5) is 16.5. The third kappa shape index (κ3) is 3.05. The van der Waals surface area contributed by atoms with Crippen LogP contribution >= 0.6 is 15.9 Å². The van der Waals surface area contributed by atoms with Crippen LogP contribution in [0.5, 0.6) is 5.75 Å². The lowest BCUT2D eigenvalue weighted by atomic mass is 10.0. The molecular weight excluding hydrogens is 358 g/mol. The minimum absolute atomic E-state index is 0.105. The highest BCUT2D eigenvalue weighted by atomic mass is 79.9. The minimum Gasteiger partial charge on any atom is -0.507 e. The summed E-state index contributed by atoms with van der Waals surface area (Å²) in [5.41, 5.74) is 2.75. The van der Waals surface area contributed by atoms with E-state index in [0.717, 1.165) is 11.1 Å². The second-order valence-electron chi connectivity index (χ2n) is 5.20. The Kier molecular flexibility index (Phi) is 4.30. The molecule has 5 heteroatoms. The van der Waals surface area contributed by atoms with Crippen molar-refractivity contribution >= 4 is 15.9 Å². The summed E-state index contributed by atoms with van der Waals surface area (Å²) in [5, 5.41) is 11.0. The normalized spacial score (nSPS) is 10.7. The van der Waals surface area contributed by atoms with Gasteiger partial charge in [-0.1, -0.05) is 40.2 Å². The molecule has 1 aromatic carbocycles. The highest BCUT2D eigenvalue weighted by molar-refractivity contribution is 9.08. The molecule has 0 radical (unpaired) electrons. The SMILES string of the molecule is Cc1cncc(-c2cc(O)c(-c3ccccc3CBr)c(=O)o2)c1. The Morgan fingerprint density at radius 2 is 2.00 bits per heavy atom. The van der Waals surface area contributed by atoms with Crippen LogP contribution in [0.4, 0.5) is 0 Å². The van der Waals surface area contributed by atoms with Crippen LogP contribution in [0, 0.1) is 6.92 Å². The van der Waals surface area contributed by atoms with Crippen molar-refractivity contribution in [1.29, 1.82) is 0 Å². The molecule has 0 aliphatic carbocycles. The molecule has 4 nitrogen and oxygen atoms in total. The average molecular weight is 372 g/mol. The van der Waals surface area contributed by atoms with Gasteiger partial charge < -0.3 is 9.52 Å². The second kappa shape index (κ2) is 6.38. The van der Waals surface area contributed by atoms with Crippen LogP contribution in [0.25, 0.3) is 22.5 Å². The molecule has 0 bridgehead atoms. The maximum absolute atomic E-state index is 12.4. The van der Waals surface area contributed by atoms with Crippen molar-refractivity contribution < 1.29 is 9.52 Å². The number of alkyl halides is 1. The quantitative estimate of drug-likeness (QED) is 0.698. The van der Waals surface area contributed by atoms with Crippen molar-refractivity contribution in [3.8, 4) is 28.2 Å². The summed E-state index contributed by atoms with van der Waals surface area (Å²) < 4.78 is 5.41. The second-order valence-corrected chi connectivity index (χ2v) is 5.76. The zero-order valence-corrected chi connectivity index (χ0v) is 14.0. The summed E-state index contributed by atoms with van der Waals surface area (Å²) >= 11 is 3.39. The van der Waals surface area contributed by atoms with Gasteiger partial charge in [-0.2, -0.15) is 0 Å². The first-order valence-corrected chi connectivity index (χ1v) is 8.15. The predicted octanol–water partition coefficient (Wildman–Crippen LogP) is 4.28. The van der Waals surface area contributed by atoms with Crippen LogP contribution in [-0.2, 0) is 5.33 Å². The van der Waals surface area contributed by atoms with Gasteiger partial charge in [-0.25, -0.2) is 4.79 Å². The molecule has 0 unspecified atom stereocenters. The molecule has 116 valence electrons. The van der Waals surface area contributed by atoms with E-state index in [1.165, 1.54) is 6.07 Å². The zero-order chi connectivity index (χ0) is 16.4. The van der Waals surface area contributed by atoms with Gasteiger partial charge >= 0.3 is 5.63 Å². The Balaban J connectivity index is 2.17. The third-order valence-corrected chi connectivity index (χ3v) is 4.12. The van der Waals surface area contributed by atoms with E-state index in [2.05, 4.69) is 20.9 Å². The molecule has 1 N–H and O–H groups in total. The summed E-state index contributed by atoms with van der Waals surface area (Å²) in [6.45, 7) is 1.90. The topological polar surface area (TPSA) is 63.3 Å². The first-order chi connectivity index (χ1) is 11.1. The largest absolute Gasteiger partial charge is 0.507 e. The fraction of sp³-hybridized carbons (Fsp3) is 0.111. The van der Waals surface area contributed by atoms with Crippen molar-refractivity contribution in [2.24, 2.45) is 0 Å². The smallest absolute Gasteiger partial charge is 0.347 e. The number of aromatic nitrogens is 1. The lowest BCUT2D eigenvalue weighted by Crippen LogP contribution is -2.05. The van der Waals surface area contributed by atoms with Crippen LogP contribution in [0.3, 0.4) is 0 Å². The van der Waals surface area contributed by atoms with E-state index in [4.69, 9.17) is 4.42 Å². The van der Waals surface area contributed by atoms with Crippen LogP contribution in [0.15, 0.2) is 58.0 Å². The van der Waals surface area contributed by atoms with Crippen molar-refractivity contribution in [3.63, 3.8) is 0 Å². The van der Waals surface area contributed by atoms with Crippen LogP contribution < -0.4 is 5.63 Å². The molecule has 2 heterocycles. The molecule has 23 heavy (non-hydrogen) atoms. The van der Waals surface area contributed by atoms with Gasteiger partial charge in [-0.15, -0.1) is 0 Å². The van der Waals surface area contributed by atoms with Gasteiger partial charge in [0.2, 0.25) is 0 Å². The Morgan fingerprint density at radius 1 is 1.22 bits per heavy atom. The zero-order valence-electron chi connectivity index (χ0n) is 12.4. The van der Waals surface area contributed by atoms with Crippen molar-refractivity contribution in [3.05, 3.63) is 70.3 Å². The Morgan fingerprint density at radius 3 is 2.70 bits per heavy atom. The van der Waals surface area contributed by atoms with Gasteiger partial charge in [0.05, 0.1) is 0 Å². The molecule has 0 atom stereocenters. The third-order valence-electron chi connectivity index (χ3n) is 3.52. The standard InChI is InChI=1S/C18H14BrNO3/c1-11-6-13(10-20-9-11)16-7-15(21)17(18(22)23-16)14-5-3-2-4-12(14)8-19/h2-7,9-10,21H,8H2,1H3. The average Bonchev–Trinajstić information content (AvgIpc) is 2.54. The molecule has 3 rings (SSSR count). The number of hydrogen-bond donors (Lipinski definition) is 1. The Labute approximate surface area is 141 Å². The highest BCUT2D eigenvalue weighted by Crippen LogP contribution is 2.32. The van der Waals surface area contributed by atoms with Crippen LogP contribution in [0.2, 0.25) is 0 Å². The van der Waals surface area contributed by atoms with Gasteiger partial charge in [-0.05, 0) is 29.7 Å². The molecular formula is C18H14BrNO3. The maximum atomic E-state index is 12.4. The number of pyridine rings is 1. The molecule has 0 spiro atoms. The highest BCUT2D eigenvalue weighted by Gasteiger charge is 2.17. The molecule has 0 saturated heterocycles. The summed E-state index contributed by atoms with van der Waals surface area (Å²) in [5.74, 6) is 0.190. The molecule has 2 aromatic heterocycles. The van der Waals surface area contributed by atoms with E-state index in [0.29, 0.717) is 22.2 Å². The van der Waals surface area contributed by atoms with Gasteiger partial charge in [-0.3, -0.25) is 4.98 Å². The van der Waals surface area contributed by atoms with Crippen LogP contribution in [-0.4, -0.2) is 10.1 Å². The van der Waals surface area contributed by atoms with E-state index >= 15 is 0 Å². The number of nitrogens with zero attached hydrogens (tertiary/aromatic N) is 1. The number of hydrogen-bond acceptors (Lipinski definition) is 4. The Hall–Kier alpha value is -2.40. The van der Waals surface area contributed by atoms with Crippen molar-refractivity contribution in [1.82, 2.24) is 4.98 Å². The summed E-state index contributed by atoms with van der Waals surface area (Å²) in [6.07, 6.45) is 3.30. The number of halogens is 1. The van der Waals surface area contributed by atoms with E-state index < -0.39 is 5.63 Å². The van der Waals surface area contributed by atoms with Gasteiger partial charge in [0.15, 0.2) is 0 Å². The molecule has 3 aromatic rings. The predicted molar refractivity (Wildman–Crippen MR) is 92.7 cm³/mol. The fourth-order valence-electron chi connectivity index (χ4n) is 2.44. The van der Waals surface area contributed by atoms with Crippen molar-refractivity contribution in [2.45, 2.75) is 12.3 Å². The molecule has 0 aliphatic heterocycles. The maximum Gasteiger partial charge on any atom is 0.347 e. The molecule has 0 saturated carbocycles. The minimum atomic E-state index is -0.574. The van der Waals surface area contributed by atoms with Gasteiger partial charge in [0.1, 0.15) is 17.1 Å². The lowest BCUT2D eigenvalue weighted by molar-refractivity contribution is 0.456. The van der Waals surface area contributed by atoms with Crippen LogP contribution in [0.1, 0.15) is 11.1 Å². The number of aromatic hydroxyl groups is 1. The van der Waals surface area contributed by atoms with Gasteiger partial charge in [0.25, 0.3) is 0 Å². The molecule has 0 fully saturated rings. The summed E-state index contributed by atoms with van der Waals surface area (Å²) in [7, 11) is 0. The summed E-state index contributed by atoms with van der Waals surface area (Å²) in [6, 6.07) is 10.7. The van der Waals surface area contributed by atoms with E-state index in [1.54, 1.807) is 18.5 Å².